The maximum atomic E-state index is 13.9. The van der Waals surface area contributed by atoms with Crippen LogP contribution < -0.4 is 5.73 Å². The highest BCUT2D eigenvalue weighted by molar-refractivity contribution is 5.75. The Hall–Kier alpha value is -2.48. The van der Waals surface area contributed by atoms with Crippen molar-refractivity contribution in [1.29, 1.82) is 5.26 Å². The van der Waals surface area contributed by atoms with Gasteiger partial charge in [-0.1, -0.05) is 0 Å². The molecule has 0 saturated heterocycles. The molecule has 0 aliphatic carbocycles. The van der Waals surface area contributed by atoms with Gasteiger partial charge in [-0.25, -0.2) is 13.2 Å². The standard InChI is InChI=1S/C14H9F3N2/c1-7-11(6-18)13(19)5-12(17)14(7)8-2-9(15)4-10(16)3-8/h2-5H,19H2,1H3. The number of nitriles is 1. The summed E-state index contributed by atoms with van der Waals surface area (Å²) in [6, 6.07) is 5.53. The Morgan fingerprint density at radius 1 is 1.05 bits per heavy atom. The van der Waals surface area contributed by atoms with Gasteiger partial charge < -0.3 is 5.73 Å². The van der Waals surface area contributed by atoms with E-state index in [4.69, 9.17) is 11.0 Å². The highest BCUT2D eigenvalue weighted by atomic mass is 19.1. The summed E-state index contributed by atoms with van der Waals surface area (Å²) < 4.78 is 40.3. The molecule has 0 aliphatic rings. The lowest BCUT2D eigenvalue weighted by molar-refractivity contribution is 0.583. The summed E-state index contributed by atoms with van der Waals surface area (Å²) in [4.78, 5) is 0. The Morgan fingerprint density at radius 2 is 1.63 bits per heavy atom. The van der Waals surface area contributed by atoms with E-state index in [1.165, 1.54) is 6.92 Å². The van der Waals surface area contributed by atoms with Gasteiger partial charge in [0.15, 0.2) is 0 Å². The fraction of sp³-hybridized carbons (Fsp3) is 0.0714. The number of halogens is 3. The van der Waals surface area contributed by atoms with E-state index >= 15 is 0 Å². The van der Waals surface area contributed by atoms with Crippen LogP contribution in [0.1, 0.15) is 11.1 Å². The first kappa shape index (κ1) is 13.0. The van der Waals surface area contributed by atoms with Crippen LogP contribution in [0.5, 0.6) is 0 Å². The van der Waals surface area contributed by atoms with Gasteiger partial charge in [0.25, 0.3) is 0 Å². The van der Waals surface area contributed by atoms with E-state index in [0.29, 0.717) is 6.07 Å². The molecule has 2 aromatic carbocycles. The first-order valence-electron chi connectivity index (χ1n) is 5.39. The number of hydrogen-bond acceptors (Lipinski definition) is 2. The summed E-state index contributed by atoms with van der Waals surface area (Å²) in [5, 5.41) is 8.97. The van der Waals surface area contributed by atoms with Crippen molar-refractivity contribution in [3.05, 3.63) is 52.8 Å². The molecule has 0 spiro atoms. The van der Waals surface area contributed by atoms with E-state index < -0.39 is 17.5 Å². The van der Waals surface area contributed by atoms with Crippen LogP contribution in [0.3, 0.4) is 0 Å². The number of benzene rings is 2. The summed E-state index contributed by atoms with van der Waals surface area (Å²) in [5.41, 5.74) is 5.89. The molecule has 2 rings (SSSR count). The molecule has 5 heteroatoms. The quantitative estimate of drug-likeness (QED) is 0.799. The predicted molar refractivity (Wildman–Crippen MR) is 65.6 cm³/mol. The Morgan fingerprint density at radius 3 is 2.16 bits per heavy atom. The average molecular weight is 262 g/mol. The topological polar surface area (TPSA) is 49.8 Å². The Bertz CT molecular complexity index is 683. The SMILES string of the molecule is Cc1c(C#N)c(N)cc(F)c1-c1cc(F)cc(F)c1. The third kappa shape index (κ3) is 2.25. The van der Waals surface area contributed by atoms with Crippen molar-refractivity contribution in [2.24, 2.45) is 0 Å². The molecule has 0 saturated carbocycles. The minimum Gasteiger partial charge on any atom is -0.398 e. The van der Waals surface area contributed by atoms with Crippen molar-refractivity contribution in [2.75, 3.05) is 5.73 Å². The normalized spacial score (nSPS) is 10.3. The lowest BCUT2D eigenvalue weighted by Gasteiger charge is -2.11. The van der Waals surface area contributed by atoms with Crippen molar-refractivity contribution >= 4 is 5.69 Å². The monoisotopic (exact) mass is 262 g/mol. The lowest BCUT2D eigenvalue weighted by Crippen LogP contribution is -2.00. The molecule has 19 heavy (non-hydrogen) atoms. The van der Waals surface area contributed by atoms with Gasteiger partial charge in [0, 0.05) is 11.6 Å². The highest BCUT2D eigenvalue weighted by Gasteiger charge is 2.16. The lowest BCUT2D eigenvalue weighted by atomic mass is 9.95. The number of hydrogen-bond donors (Lipinski definition) is 1. The Balaban J connectivity index is 2.79. The van der Waals surface area contributed by atoms with E-state index in [0.717, 1.165) is 18.2 Å². The minimum absolute atomic E-state index is 0.00174. The zero-order valence-electron chi connectivity index (χ0n) is 9.97. The second kappa shape index (κ2) is 4.65. The molecule has 0 radical (unpaired) electrons. The van der Waals surface area contributed by atoms with Crippen LogP contribution >= 0.6 is 0 Å². The molecule has 0 bridgehead atoms. The third-order valence-corrected chi connectivity index (χ3v) is 2.82. The molecule has 0 heterocycles. The fourth-order valence-corrected chi connectivity index (χ4v) is 2.00. The van der Waals surface area contributed by atoms with E-state index in [9.17, 15) is 13.2 Å². The Labute approximate surface area is 107 Å². The maximum absolute atomic E-state index is 13.9. The minimum atomic E-state index is -0.816. The summed E-state index contributed by atoms with van der Waals surface area (Å²) in [7, 11) is 0. The van der Waals surface area contributed by atoms with Crippen LogP contribution in [-0.2, 0) is 0 Å². The first-order chi connectivity index (χ1) is 8.93. The summed E-state index contributed by atoms with van der Waals surface area (Å²) >= 11 is 0. The van der Waals surface area contributed by atoms with Crippen molar-refractivity contribution in [3.8, 4) is 17.2 Å². The van der Waals surface area contributed by atoms with Crippen LogP contribution in [0, 0.1) is 35.7 Å². The highest BCUT2D eigenvalue weighted by Crippen LogP contribution is 2.32. The van der Waals surface area contributed by atoms with Gasteiger partial charge in [-0.2, -0.15) is 5.26 Å². The van der Waals surface area contributed by atoms with Gasteiger partial charge in [-0.15, -0.1) is 0 Å². The molecule has 0 amide bonds. The molecule has 0 aliphatic heterocycles. The van der Waals surface area contributed by atoms with Gasteiger partial charge in [-0.05, 0) is 36.2 Å². The van der Waals surface area contributed by atoms with Gasteiger partial charge >= 0.3 is 0 Å². The van der Waals surface area contributed by atoms with Crippen LogP contribution in [0.2, 0.25) is 0 Å². The molecule has 0 aromatic heterocycles. The smallest absolute Gasteiger partial charge is 0.133 e. The van der Waals surface area contributed by atoms with E-state index in [-0.39, 0.29) is 27.9 Å². The van der Waals surface area contributed by atoms with Crippen molar-refractivity contribution in [3.63, 3.8) is 0 Å². The van der Waals surface area contributed by atoms with Crippen molar-refractivity contribution in [1.82, 2.24) is 0 Å². The number of nitrogens with zero attached hydrogens (tertiary/aromatic N) is 1. The molecule has 0 unspecified atom stereocenters. The van der Waals surface area contributed by atoms with Gasteiger partial charge in [0.05, 0.1) is 11.3 Å². The number of nitrogens with two attached hydrogens (primary N) is 1. The fourth-order valence-electron chi connectivity index (χ4n) is 2.00. The number of nitrogen functional groups attached to an aromatic ring is 1. The zero-order valence-corrected chi connectivity index (χ0v) is 9.97. The molecular formula is C14H9F3N2. The van der Waals surface area contributed by atoms with Crippen molar-refractivity contribution < 1.29 is 13.2 Å². The van der Waals surface area contributed by atoms with Crippen molar-refractivity contribution in [2.45, 2.75) is 6.92 Å². The Kier molecular flexibility index (Phi) is 3.17. The molecule has 0 fully saturated rings. The second-order valence-corrected chi connectivity index (χ2v) is 4.09. The molecule has 2 N–H and O–H groups in total. The predicted octanol–water partition coefficient (Wildman–Crippen LogP) is 3.53. The average Bonchev–Trinajstić information content (AvgIpc) is 2.27. The van der Waals surface area contributed by atoms with Gasteiger partial charge in [-0.3, -0.25) is 0 Å². The second-order valence-electron chi connectivity index (χ2n) is 4.09. The largest absolute Gasteiger partial charge is 0.398 e. The summed E-state index contributed by atoms with van der Waals surface area (Å²) in [6.07, 6.45) is 0. The van der Waals surface area contributed by atoms with Crippen LogP contribution in [-0.4, -0.2) is 0 Å². The van der Waals surface area contributed by atoms with E-state index in [1.807, 2.05) is 6.07 Å². The zero-order chi connectivity index (χ0) is 14.2. The molecule has 96 valence electrons. The van der Waals surface area contributed by atoms with Gasteiger partial charge in [0.2, 0.25) is 0 Å². The summed E-state index contributed by atoms with van der Waals surface area (Å²) in [6.45, 7) is 1.48. The van der Waals surface area contributed by atoms with Gasteiger partial charge in [0.1, 0.15) is 23.5 Å². The molecule has 2 nitrogen and oxygen atoms in total. The molecular weight excluding hydrogens is 253 g/mol. The van der Waals surface area contributed by atoms with E-state index in [2.05, 4.69) is 0 Å². The van der Waals surface area contributed by atoms with Crippen LogP contribution in [0.25, 0.3) is 11.1 Å². The molecule has 0 atom stereocenters. The third-order valence-electron chi connectivity index (χ3n) is 2.82. The number of rotatable bonds is 1. The summed E-state index contributed by atoms with van der Waals surface area (Å²) in [5.74, 6) is -2.35. The van der Waals surface area contributed by atoms with Crippen LogP contribution in [0.15, 0.2) is 24.3 Å². The maximum Gasteiger partial charge on any atom is 0.133 e. The molecule has 2 aromatic rings. The first-order valence-corrected chi connectivity index (χ1v) is 5.39. The van der Waals surface area contributed by atoms with Crippen LogP contribution in [0.4, 0.5) is 18.9 Å². The number of anilines is 1. The van der Waals surface area contributed by atoms with E-state index in [1.54, 1.807) is 0 Å².